The van der Waals surface area contributed by atoms with Crippen LogP contribution in [0.5, 0.6) is 0 Å². The molecule has 0 atom stereocenters. The lowest BCUT2D eigenvalue weighted by Crippen LogP contribution is -2.23. The lowest BCUT2D eigenvalue weighted by Gasteiger charge is -2.08. The highest BCUT2D eigenvalue weighted by molar-refractivity contribution is 7.89. The number of nitrogens with zero attached hydrogens (tertiary/aromatic N) is 1. The molecule has 0 amide bonds. The van der Waals surface area contributed by atoms with Crippen molar-refractivity contribution < 1.29 is 12.8 Å². The first-order chi connectivity index (χ1) is 9.88. The minimum absolute atomic E-state index is 0.216. The first-order valence-corrected chi connectivity index (χ1v) is 8.26. The molecule has 0 aliphatic carbocycles. The summed E-state index contributed by atoms with van der Waals surface area (Å²) in [7, 11) is -1.68. The van der Waals surface area contributed by atoms with Crippen molar-refractivity contribution in [2.45, 2.75) is 37.9 Å². The molecule has 6 nitrogen and oxygen atoms in total. The van der Waals surface area contributed by atoms with E-state index in [-0.39, 0.29) is 11.4 Å². The van der Waals surface area contributed by atoms with E-state index in [9.17, 15) is 8.42 Å². The number of aryl methyl sites for hydroxylation is 1. The van der Waals surface area contributed by atoms with E-state index in [4.69, 9.17) is 4.42 Å². The highest BCUT2D eigenvalue weighted by atomic mass is 32.2. The molecule has 7 heteroatoms. The van der Waals surface area contributed by atoms with Gasteiger partial charge in [-0.2, -0.15) is 0 Å². The minimum atomic E-state index is -3.52. The summed E-state index contributed by atoms with van der Waals surface area (Å²) in [6.45, 7) is 4.94. The number of nitrogens with one attached hydrogen (secondary N) is 2. The molecule has 21 heavy (non-hydrogen) atoms. The summed E-state index contributed by atoms with van der Waals surface area (Å²) in [5.74, 6) is 0. The van der Waals surface area contributed by atoms with Crippen molar-refractivity contribution in [2.24, 2.45) is 7.05 Å². The van der Waals surface area contributed by atoms with Gasteiger partial charge in [-0.3, -0.25) is 0 Å². The van der Waals surface area contributed by atoms with E-state index in [0.29, 0.717) is 12.6 Å². The van der Waals surface area contributed by atoms with Crippen LogP contribution >= 0.6 is 0 Å². The minimum Gasteiger partial charge on any atom is -0.472 e. The Bertz CT molecular complexity index is 672. The highest BCUT2D eigenvalue weighted by Gasteiger charge is 2.17. The number of furan rings is 1. The van der Waals surface area contributed by atoms with Gasteiger partial charge in [-0.05, 0) is 12.1 Å². The van der Waals surface area contributed by atoms with Gasteiger partial charge in [-0.15, -0.1) is 0 Å². The molecule has 2 aromatic rings. The van der Waals surface area contributed by atoms with Crippen molar-refractivity contribution in [2.75, 3.05) is 0 Å². The fourth-order valence-corrected chi connectivity index (χ4v) is 2.97. The summed E-state index contributed by atoms with van der Waals surface area (Å²) in [6, 6.07) is 3.76. The Labute approximate surface area is 125 Å². The Hall–Kier alpha value is -1.57. The molecule has 2 N–H and O–H groups in total. The van der Waals surface area contributed by atoms with Gasteiger partial charge in [-0.25, -0.2) is 13.1 Å². The van der Waals surface area contributed by atoms with Gasteiger partial charge in [0.1, 0.15) is 0 Å². The lowest BCUT2D eigenvalue weighted by atomic mass is 10.3. The maximum absolute atomic E-state index is 12.3. The quantitative estimate of drug-likeness (QED) is 0.814. The van der Waals surface area contributed by atoms with Crippen LogP contribution in [-0.2, 0) is 30.2 Å². The van der Waals surface area contributed by atoms with Gasteiger partial charge in [0.05, 0.1) is 17.4 Å². The summed E-state index contributed by atoms with van der Waals surface area (Å²) in [6.07, 6.45) is 4.66. The number of rotatable bonds is 7. The molecule has 0 aliphatic rings. The van der Waals surface area contributed by atoms with Crippen LogP contribution in [0.2, 0.25) is 0 Å². The summed E-state index contributed by atoms with van der Waals surface area (Å²) < 4.78 is 33.8. The van der Waals surface area contributed by atoms with Crippen molar-refractivity contribution in [3.8, 4) is 0 Å². The molecule has 0 bridgehead atoms. The van der Waals surface area contributed by atoms with Crippen LogP contribution in [0.3, 0.4) is 0 Å². The molecule has 116 valence electrons. The molecule has 2 rings (SSSR count). The SMILES string of the molecule is CC(C)NCc1cc(S(=O)(=O)NCc2ccoc2)cn1C. The molecule has 0 unspecified atom stereocenters. The third-order valence-electron chi connectivity index (χ3n) is 3.13. The maximum Gasteiger partial charge on any atom is 0.242 e. The molecule has 2 heterocycles. The van der Waals surface area contributed by atoms with Crippen LogP contribution in [-0.4, -0.2) is 19.0 Å². The Morgan fingerprint density at radius 1 is 1.33 bits per heavy atom. The zero-order valence-electron chi connectivity index (χ0n) is 12.5. The first kappa shape index (κ1) is 15.8. The van der Waals surface area contributed by atoms with Crippen molar-refractivity contribution in [1.82, 2.24) is 14.6 Å². The average molecular weight is 311 g/mol. The fraction of sp³-hybridized carbons (Fsp3) is 0.429. The Morgan fingerprint density at radius 3 is 2.71 bits per heavy atom. The van der Waals surface area contributed by atoms with Gasteiger partial charge in [0.15, 0.2) is 0 Å². The molecule has 0 fully saturated rings. The van der Waals surface area contributed by atoms with Crippen LogP contribution in [0.25, 0.3) is 0 Å². The predicted molar refractivity (Wildman–Crippen MR) is 80.1 cm³/mol. The standard InChI is InChI=1S/C14H21N3O3S/c1-11(2)15-8-13-6-14(9-17(13)3)21(18,19)16-7-12-4-5-20-10-12/h4-6,9-11,15-16H,7-8H2,1-3H3. The first-order valence-electron chi connectivity index (χ1n) is 6.78. The topological polar surface area (TPSA) is 76.3 Å². The molecule has 0 saturated carbocycles. The van der Waals surface area contributed by atoms with Crippen molar-refractivity contribution in [1.29, 1.82) is 0 Å². The smallest absolute Gasteiger partial charge is 0.242 e. The van der Waals surface area contributed by atoms with Gasteiger partial charge in [0.2, 0.25) is 10.0 Å². The Kier molecular flexibility index (Phi) is 4.87. The molecule has 0 aliphatic heterocycles. The molecule has 0 saturated heterocycles. The summed E-state index contributed by atoms with van der Waals surface area (Å²) >= 11 is 0. The summed E-state index contributed by atoms with van der Waals surface area (Å²) in [5, 5.41) is 3.27. The van der Waals surface area contributed by atoms with Crippen LogP contribution in [0.15, 0.2) is 40.2 Å². The largest absolute Gasteiger partial charge is 0.472 e. The van der Waals surface area contributed by atoms with E-state index in [0.717, 1.165) is 11.3 Å². The maximum atomic E-state index is 12.3. The second-order valence-corrected chi connectivity index (χ2v) is 7.04. The third kappa shape index (κ3) is 4.20. The average Bonchev–Trinajstić information content (AvgIpc) is 3.04. The second kappa shape index (κ2) is 6.46. The van der Waals surface area contributed by atoms with Crippen LogP contribution in [0.4, 0.5) is 0 Å². The highest BCUT2D eigenvalue weighted by Crippen LogP contribution is 2.14. The number of hydrogen-bond acceptors (Lipinski definition) is 4. The van der Waals surface area contributed by atoms with Gasteiger partial charge in [0, 0.05) is 43.6 Å². The second-order valence-electron chi connectivity index (χ2n) is 5.27. The van der Waals surface area contributed by atoms with Gasteiger partial charge >= 0.3 is 0 Å². The van der Waals surface area contributed by atoms with E-state index < -0.39 is 10.0 Å². The number of aromatic nitrogens is 1. The zero-order valence-corrected chi connectivity index (χ0v) is 13.3. The van der Waals surface area contributed by atoms with Crippen molar-refractivity contribution in [3.63, 3.8) is 0 Å². The van der Waals surface area contributed by atoms with Crippen LogP contribution < -0.4 is 10.0 Å². The summed E-state index contributed by atoms with van der Waals surface area (Å²) in [4.78, 5) is 0.272. The Balaban J connectivity index is 2.07. The van der Waals surface area contributed by atoms with Crippen LogP contribution in [0.1, 0.15) is 25.1 Å². The molecule has 0 spiro atoms. The van der Waals surface area contributed by atoms with E-state index in [1.54, 1.807) is 18.3 Å². The van der Waals surface area contributed by atoms with Crippen molar-refractivity contribution >= 4 is 10.0 Å². The van der Waals surface area contributed by atoms with E-state index in [1.807, 2.05) is 25.5 Å². The van der Waals surface area contributed by atoms with E-state index in [2.05, 4.69) is 10.0 Å². The number of sulfonamides is 1. The molecule has 0 radical (unpaired) electrons. The molecule has 0 aromatic carbocycles. The van der Waals surface area contributed by atoms with E-state index >= 15 is 0 Å². The van der Waals surface area contributed by atoms with Gasteiger partial charge < -0.3 is 14.3 Å². The number of hydrogen-bond donors (Lipinski definition) is 2. The van der Waals surface area contributed by atoms with E-state index in [1.165, 1.54) is 12.5 Å². The van der Waals surface area contributed by atoms with Gasteiger partial charge in [-0.1, -0.05) is 13.8 Å². The zero-order chi connectivity index (χ0) is 15.5. The van der Waals surface area contributed by atoms with Crippen LogP contribution in [0, 0.1) is 0 Å². The molecular weight excluding hydrogens is 290 g/mol. The predicted octanol–water partition coefficient (Wildman–Crippen LogP) is 1.59. The third-order valence-corrected chi connectivity index (χ3v) is 4.50. The van der Waals surface area contributed by atoms with Crippen molar-refractivity contribution in [3.05, 3.63) is 42.1 Å². The molecular formula is C14H21N3O3S. The normalized spacial score (nSPS) is 12.2. The lowest BCUT2D eigenvalue weighted by molar-refractivity contribution is 0.561. The van der Waals surface area contributed by atoms with Gasteiger partial charge in [0.25, 0.3) is 0 Å². The monoisotopic (exact) mass is 311 g/mol. The fourth-order valence-electron chi connectivity index (χ4n) is 1.86. The Morgan fingerprint density at radius 2 is 2.10 bits per heavy atom. The summed E-state index contributed by atoms with van der Waals surface area (Å²) in [5.41, 5.74) is 1.71. The molecule has 2 aromatic heterocycles.